The number of sulfonamides is 1. The van der Waals surface area contributed by atoms with Gasteiger partial charge in [-0.1, -0.05) is 12.1 Å². The van der Waals surface area contributed by atoms with Crippen molar-refractivity contribution in [2.75, 3.05) is 38.4 Å². The molecule has 0 aliphatic rings. The standard InChI is InChI=1S/C15H24N2O4S/c1-12-6-5-7-14(13(12)2)16-15(18)8-9-17(10-11-21-3)22(4,19)20/h5-7H,8-11H2,1-4H3,(H,16,18). The van der Waals surface area contributed by atoms with E-state index in [-0.39, 0.29) is 25.4 Å². The third kappa shape index (κ3) is 5.75. The SMILES string of the molecule is COCCN(CCC(=O)Nc1cccc(C)c1C)S(C)(=O)=O. The Bertz CT molecular complexity index is 614. The molecule has 0 radical (unpaired) electrons. The minimum atomic E-state index is -3.35. The highest BCUT2D eigenvalue weighted by Gasteiger charge is 2.17. The first-order valence-corrected chi connectivity index (χ1v) is 8.90. The predicted octanol–water partition coefficient (Wildman–Crippen LogP) is 1.54. The van der Waals surface area contributed by atoms with Gasteiger partial charge in [-0.25, -0.2) is 8.42 Å². The van der Waals surface area contributed by atoms with Gasteiger partial charge in [0.2, 0.25) is 15.9 Å². The summed E-state index contributed by atoms with van der Waals surface area (Å²) in [6, 6.07) is 5.68. The van der Waals surface area contributed by atoms with E-state index in [4.69, 9.17) is 4.74 Å². The van der Waals surface area contributed by atoms with Crippen LogP contribution in [0, 0.1) is 13.8 Å². The number of anilines is 1. The Kier molecular flexibility index (Phi) is 6.99. The van der Waals surface area contributed by atoms with Gasteiger partial charge >= 0.3 is 0 Å². The van der Waals surface area contributed by atoms with Crippen molar-refractivity contribution >= 4 is 21.6 Å². The van der Waals surface area contributed by atoms with Gasteiger partial charge < -0.3 is 10.1 Å². The highest BCUT2D eigenvalue weighted by molar-refractivity contribution is 7.88. The first-order chi connectivity index (χ1) is 10.3. The van der Waals surface area contributed by atoms with Crippen molar-refractivity contribution in [2.45, 2.75) is 20.3 Å². The molecule has 124 valence electrons. The topological polar surface area (TPSA) is 75.7 Å². The Hall–Kier alpha value is -1.44. The molecule has 1 aromatic carbocycles. The van der Waals surface area contributed by atoms with Gasteiger partial charge in [-0.05, 0) is 31.0 Å². The lowest BCUT2D eigenvalue weighted by atomic mass is 10.1. The number of nitrogens with zero attached hydrogens (tertiary/aromatic N) is 1. The van der Waals surface area contributed by atoms with Gasteiger partial charge in [-0.3, -0.25) is 4.79 Å². The molecule has 0 bridgehead atoms. The molecule has 0 aliphatic heterocycles. The Labute approximate surface area is 132 Å². The molecule has 6 nitrogen and oxygen atoms in total. The molecule has 0 fully saturated rings. The zero-order chi connectivity index (χ0) is 16.8. The van der Waals surface area contributed by atoms with Gasteiger partial charge in [0.05, 0.1) is 12.9 Å². The average Bonchev–Trinajstić information content (AvgIpc) is 2.42. The quantitative estimate of drug-likeness (QED) is 0.785. The fraction of sp³-hybridized carbons (Fsp3) is 0.533. The van der Waals surface area contributed by atoms with Crippen molar-refractivity contribution in [1.29, 1.82) is 0 Å². The van der Waals surface area contributed by atoms with Gasteiger partial charge in [0.15, 0.2) is 0 Å². The van der Waals surface area contributed by atoms with Gasteiger partial charge in [0.25, 0.3) is 0 Å². The number of aryl methyl sites for hydroxylation is 1. The van der Waals surface area contributed by atoms with Crippen LogP contribution in [0.3, 0.4) is 0 Å². The summed E-state index contributed by atoms with van der Waals surface area (Å²) in [5.74, 6) is -0.209. The maximum atomic E-state index is 12.0. The summed E-state index contributed by atoms with van der Waals surface area (Å²) in [6.07, 6.45) is 1.23. The van der Waals surface area contributed by atoms with Crippen molar-refractivity contribution in [1.82, 2.24) is 4.31 Å². The van der Waals surface area contributed by atoms with Crippen molar-refractivity contribution in [3.8, 4) is 0 Å². The van der Waals surface area contributed by atoms with Crippen LogP contribution in [0.5, 0.6) is 0 Å². The first-order valence-electron chi connectivity index (χ1n) is 7.06. The molecular formula is C15H24N2O4S. The number of nitrogens with one attached hydrogen (secondary N) is 1. The molecule has 22 heavy (non-hydrogen) atoms. The molecule has 1 rings (SSSR count). The van der Waals surface area contributed by atoms with Gasteiger partial charge in [0, 0.05) is 32.3 Å². The number of carbonyl (C=O) groups is 1. The number of ether oxygens (including phenoxy) is 1. The summed E-state index contributed by atoms with van der Waals surface area (Å²) in [6.45, 7) is 4.59. The van der Waals surface area contributed by atoms with E-state index in [0.29, 0.717) is 6.61 Å². The average molecular weight is 328 g/mol. The van der Waals surface area contributed by atoms with Crippen LogP contribution in [0.25, 0.3) is 0 Å². The van der Waals surface area contributed by atoms with E-state index in [2.05, 4.69) is 5.32 Å². The highest BCUT2D eigenvalue weighted by atomic mass is 32.2. The van der Waals surface area contributed by atoms with E-state index in [1.165, 1.54) is 11.4 Å². The lowest BCUT2D eigenvalue weighted by Crippen LogP contribution is -2.35. The molecule has 0 heterocycles. The van der Waals surface area contributed by atoms with E-state index >= 15 is 0 Å². The van der Waals surface area contributed by atoms with Crippen LogP contribution in [0.2, 0.25) is 0 Å². The zero-order valence-corrected chi connectivity index (χ0v) is 14.4. The first kappa shape index (κ1) is 18.6. The van der Waals surface area contributed by atoms with E-state index in [9.17, 15) is 13.2 Å². The molecule has 0 atom stereocenters. The lowest BCUT2D eigenvalue weighted by molar-refractivity contribution is -0.116. The largest absolute Gasteiger partial charge is 0.383 e. The molecule has 1 N–H and O–H groups in total. The summed E-state index contributed by atoms with van der Waals surface area (Å²) in [7, 11) is -1.84. The summed E-state index contributed by atoms with van der Waals surface area (Å²) < 4.78 is 29.4. The predicted molar refractivity (Wildman–Crippen MR) is 87.5 cm³/mol. The normalized spacial score (nSPS) is 11.7. The fourth-order valence-corrected chi connectivity index (χ4v) is 2.79. The van der Waals surface area contributed by atoms with Crippen molar-refractivity contribution in [3.63, 3.8) is 0 Å². The third-order valence-electron chi connectivity index (χ3n) is 3.48. The third-order valence-corrected chi connectivity index (χ3v) is 4.78. The number of amides is 1. The number of methoxy groups -OCH3 is 1. The maximum Gasteiger partial charge on any atom is 0.225 e. The van der Waals surface area contributed by atoms with Crippen LogP contribution in [-0.2, 0) is 19.6 Å². The maximum absolute atomic E-state index is 12.0. The van der Waals surface area contributed by atoms with Gasteiger partial charge in [-0.2, -0.15) is 4.31 Å². The molecule has 0 spiro atoms. The van der Waals surface area contributed by atoms with Crippen LogP contribution in [0.1, 0.15) is 17.5 Å². The van der Waals surface area contributed by atoms with Crippen LogP contribution >= 0.6 is 0 Å². The van der Waals surface area contributed by atoms with E-state index in [0.717, 1.165) is 23.1 Å². The molecular weight excluding hydrogens is 304 g/mol. The van der Waals surface area contributed by atoms with E-state index in [1.54, 1.807) is 0 Å². The fourth-order valence-electron chi connectivity index (χ4n) is 1.96. The number of benzene rings is 1. The Morgan fingerprint density at radius 2 is 1.95 bits per heavy atom. The molecule has 0 aromatic heterocycles. The van der Waals surface area contributed by atoms with Crippen molar-refractivity contribution < 1.29 is 17.9 Å². The Morgan fingerprint density at radius 1 is 1.27 bits per heavy atom. The summed E-state index contributed by atoms with van der Waals surface area (Å²) >= 11 is 0. The summed E-state index contributed by atoms with van der Waals surface area (Å²) in [5, 5.41) is 2.82. The Morgan fingerprint density at radius 3 is 2.55 bits per heavy atom. The van der Waals surface area contributed by atoms with Crippen molar-refractivity contribution in [2.24, 2.45) is 0 Å². The molecule has 0 aliphatic carbocycles. The molecule has 1 aromatic rings. The van der Waals surface area contributed by atoms with Gasteiger partial charge in [-0.15, -0.1) is 0 Å². The second-order valence-corrected chi connectivity index (χ2v) is 7.18. The smallest absolute Gasteiger partial charge is 0.225 e. The lowest BCUT2D eigenvalue weighted by Gasteiger charge is -2.19. The van der Waals surface area contributed by atoms with Crippen LogP contribution in [0.15, 0.2) is 18.2 Å². The molecule has 1 amide bonds. The van der Waals surface area contributed by atoms with Crippen LogP contribution in [0.4, 0.5) is 5.69 Å². The highest BCUT2D eigenvalue weighted by Crippen LogP contribution is 2.18. The molecule has 0 unspecified atom stereocenters. The number of rotatable bonds is 8. The second-order valence-electron chi connectivity index (χ2n) is 5.20. The van der Waals surface area contributed by atoms with Gasteiger partial charge in [0.1, 0.15) is 0 Å². The molecule has 7 heteroatoms. The number of hydrogen-bond donors (Lipinski definition) is 1. The minimum Gasteiger partial charge on any atom is -0.383 e. The monoisotopic (exact) mass is 328 g/mol. The van der Waals surface area contributed by atoms with Crippen molar-refractivity contribution in [3.05, 3.63) is 29.3 Å². The van der Waals surface area contributed by atoms with E-state index < -0.39 is 10.0 Å². The summed E-state index contributed by atoms with van der Waals surface area (Å²) in [4.78, 5) is 12.0. The molecule has 0 saturated carbocycles. The summed E-state index contributed by atoms with van der Waals surface area (Å²) in [5.41, 5.74) is 2.86. The number of carbonyl (C=O) groups excluding carboxylic acids is 1. The van der Waals surface area contributed by atoms with Crippen LogP contribution in [-0.4, -0.2) is 51.7 Å². The Balaban J connectivity index is 2.62. The minimum absolute atomic E-state index is 0.101. The van der Waals surface area contributed by atoms with Crippen LogP contribution < -0.4 is 5.32 Å². The number of hydrogen-bond acceptors (Lipinski definition) is 4. The van der Waals surface area contributed by atoms with E-state index in [1.807, 2.05) is 32.0 Å². The molecule has 0 saturated heterocycles. The zero-order valence-electron chi connectivity index (χ0n) is 13.5. The second kappa shape index (κ2) is 8.26.